The van der Waals surface area contributed by atoms with E-state index in [1.165, 1.54) is 65.7 Å². The van der Waals surface area contributed by atoms with Crippen molar-refractivity contribution in [1.29, 1.82) is 0 Å². The molecule has 7 rings (SSSR count). The molecule has 130 valence electrons. The van der Waals surface area contributed by atoms with E-state index >= 15 is 0 Å². The van der Waals surface area contributed by atoms with E-state index in [0.29, 0.717) is 0 Å². The lowest BCUT2D eigenvalue weighted by molar-refractivity contribution is 1.43. The highest BCUT2D eigenvalue weighted by Gasteiger charge is 2.24. The Bertz CT molecular complexity index is 1620. The van der Waals surface area contributed by atoms with Crippen molar-refractivity contribution in [2.75, 3.05) is 0 Å². The number of fused-ring (bicyclic) bond motifs is 8. The van der Waals surface area contributed by atoms with Crippen molar-refractivity contribution < 1.29 is 0 Å². The van der Waals surface area contributed by atoms with Crippen LogP contribution in [0.1, 0.15) is 5.56 Å². The fraction of sp³-hybridized carbons (Fsp3) is 0.0385. The first kappa shape index (κ1) is 14.4. The minimum Gasteiger partial charge on any atom is -0.361 e. The topological polar surface area (TPSA) is 28.7 Å². The number of benzene rings is 4. The summed E-state index contributed by atoms with van der Waals surface area (Å²) in [7, 11) is 0. The molecule has 1 aliphatic rings. The van der Waals surface area contributed by atoms with Crippen molar-refractivity contribution in [3.05, 3.63) is 78.6 Å². The van der Waals surface area contributed by atoms with Gasteiger partial charge in [-0.3, -0.25) is 4.98 Å². The van der Waals surface area contributed by atoms with Crippen LogP contribution in [0.15, 0.2) is 73.1 Å². The Kier molecular flexibility index (Phi) is 2.47. The zero-order valence-electron chi connectivity index (χ0n) is 15.4. The molecule has 0 saturated heterocycles. The molecule has 0 bridgehead atoms. The van der Waals surface area contributed by atoms with Gasteiger partial charge in [-0.05, 0) is 75.2 Å². The van der Waals surface area contributed by atoms with Crippen molar-refractivity contribution in [2.24, 2.45) is 0 Å². The number of hydrogen-bond acceptors (Lipinski definition) is 1. The van der Waals surface area contributed by atoms with Crippen molar-refractivity contribution >= 4 is 43.4 Å². The number of H-pyrrole nitrogens is 1. The summed E-state index contributed by atoms with van der Waals surface area (Å²) in [6.07, 6.45) is 3.99. The van der Waals surface area contributed by atoms with Gasteiger partial charge in [-0.2, -0.15) is 0 Å². The molecule has 6 aromatic rings. The number of aromatic amines is 1. The number of aromatic nitrogens is 2. The molecule has 0 aliphatic heterocycles. The van der Waals surface area contributed by atoms with Gasteiger partial charge in [0.15, 0.2) is 0 Å². The maximum Gasteiger partial charge on any atom is 0.0780 e. The first-order chi connectivity index (χ1) is 13.8. The fourth-order valence-corrected chi connectivity index (χ4v) is 5.02. The highest BCUT2D eigenvalue weighted by molar-refractivity contribution is 6.27. The van der Waals surface area contributed by atoms with E-state index in [2.05, 4.69) is 72.7 Å². The monoisotopic (exact) mass is 356 g/mol. The first-order valence-corrected chi connectivity index (χ1v) is 9.65. The molecule has 0 radical (unpaired) electrons. The zero-order valence-corrected chi connectivity index (χ0v) is 15.4. The second-order valence-corrected chi connectivity index (χ2v) is 7.80. The Morgan fingerprint density at radius 1 is 0.714 bits per heavy atom. The van der Waals surface area contributed by atoms with Crippen LogP contribution < -0.4 is 0 Å². The molecule has 4 aromatic carbocycles. The van der Waals surface area contributed by atoms with Gasteiger partial charge >= 0.3 is 0 Å². The van der Waals surface area contributed by atoms with Crippen molar-refractivity contribution in [3.8, 4) is 22.3 Å². The van der Waals surface area contributed by atoms with Crippen LogP contribution in [0.5, 0.6) is 0 Å². The van der Waals surface area contributed by atoms with Gasteiger partial charge in [0.05, 0.1) is 5.52 Å². The maximum atomic E-state index is 4.72. The Labute approximate surface area is 161 Å². The van der Waals surface area contributed by atoms with Gasteiger partial charge in [-0.15, -0.1) is 0 Å². The second kappa shape index (κ2) is 4.79. The van der Waals surface area contributed by atoms with E-state index in [-0.39, 0.29) is 0 Å². The van der Waals surface area contributed by atoms with E-state index in [1.54, 1.807) is 0 Å². The summed E-state index contributed by atoms with van der Waals surface area (Å²) in [6.45, 7) is 2.17. The third-order valence-corrected chi connectivity index (χ3v) is 6.33. The van der Waals surface area contributed by atoms with E-state index in [0.717, 1.165) is 5.52 Å². The number of rotatable bonds is 0. The number of pyridine rings is 1. The van der Waals surface area contributed by atoms with Crippen molar-refractivity contribution in [3.63, 3.8) is 0 Å². The Hall–Kier alpha value is -3.65. The van der Waals surface area contributed by atoms with E-state index in [1.807, 2.05) is 12.3 Å². The Balaban J connectivity index is 1.73. The summed E-state index contributed by atoms with van der Waals surface area (Å²) < 4.78 is 0. The lowest BCUT2D eigenvalue weighted by Crippen LogP contribution is -1.85. The molecular formula is C26H16N2. The number of aryl methyl sites for hydroxylation is 1. The molecule has 1 aliphatic carbocycles. The quantitative estimate of drug-likeness (QED) is 0.292. The zero-order chi connectivity index (χ0) is 18.4. The third-order valence-electron chi connectivity index (χ3n) is 6.33. The molecule has 0 saturated carbocycles. The first-order valence-electron chi connectivity index (χ1n) is 9.65. The van der Waals surface area contributed by atoms with E-state index in [4.69, 9.17) is 4.98 Å². The van der Waals surface area contributed by atoms with Gasteiger partial charge in [0.25, 0.3) is 0 Å². The maximum absolute atomic E-state index is 4.72. The highest BCUT2D eigenvalue weighted by Crippen LogP contribution is 2.51. The molecular weight excluding hydrogens is 340 g/mol. The summed E-state index contributed by atoms with van der Waals surface area (Å²) in [5.41, 5.74) is 8.89. The van der Waals surface area contributed by atoms with Crippen LogP contribution in [-0.2, 0) is 0 Å². The van der Waals surface area contributed by atoms with Crippen LogP contribution in [0.2, 0.25) is 0 Å². The van der Waals surface area contributed by atoms with Crippen molar-refractivity contribution in [1.82, 2.24) is 9.97 Å². The molecule has 0 spiro atoms. The Morgan fingerprint density at radius 3 is 2.57 bits per heavy atom. The molecule has 28 heavy (non-hydrogen) atoms. The molecule has 2 nitrogen and oxygen atoms in total. The van der Waals surface area contributed by atoms with Crippen LogP contribution in [0.25, 0.3) is 65.6 Å². The van der Waals surface area contributed by atoms with Gasteiger partial charge in [-0.1, -0.05) is 36.4 Å². The highest BCUT2D eigenvalue weighted by atomic mass is 14.7. The lowest BCUT2D eigenvalue weighted by Gasteiger charge is -2.09. The molecule has 2 heteroatoms. The summed E-state index contributed by atoms with van der Waals surface area (Å²) in [4.78, 5) is 8.14. The van der Waals surface area contributed by atoms with Gasteiger partial charge in [0.2, 0.25) is 0 Å². The minimum atomic E-state index is 1.08. The minimum absolute atomic E-state index is 1.08. The second-order valence-electron chi connectivity index (χ2n) is 7.80. The summed E-state index contributed by atoms with van der Waals surface area (Å²) >= 11 is 0. The van der Waals surface area contributed by atoms with Crippen LogP contribution in [0.4, 0.5) is 0 Å². The molecule has 0 atom stereocenters. The van der Waals surface area contributed by atoms with Crippen LogP contribution >= 0.6 is 0 Å². The van der Waals surface area contributed by atoms with Gasteiger partial charge in [0, 0.05) is 34.1 Å². The largest absolute Gasteiger partial charge is 0.361 e. The normalized spacial score (nSPS) is 12.5. The van der Waals surface area contributed by atoms with E-state index in [9.17, 15) is 0 Å². The molecule has 2 aromatic heterocycles. The number of nitrogens with zero attached hydrogens (tertiary/aromatic N) is 1. The van der Waals surface area contributed by atoms with Gasteiger partial charge in [-0.25, -0.2) is 0 Å². The van der Waals surface area contributed by atoms with E-state index < -0.39 is 0 Å². The lowest BCUT2D eigenvalue weighted by atomic mass is 9.95. The summed E-state index contributed by atoms with van der Waals surface area (Å²) in [5, 5.41) is 7.68. The summed E-state index contributed by atoms with van der Waals surface area (Å²) in [6, 6.07) is 22.3. The number of nitrogens with one attached hydrogen (secondary N) is 1. The molecule has 1 N–H and O–H groups in total. The van der Waals surface area contributed by atoms with Crippen molar-refractivity contribution in [2.45, 2.75) is 6.92 Å². The summed E-state index contributed by atoms with van der Waals surface area (Å²) in [5.74, 6) is 0. The molecule has 2 heterocycles. The average Bonchev–Trinajstić information content (AvgIpc) is 3.26. The molecule has 0 unspecified atom stereocenters. The van der Waals surface area contributed by atoms with Gasteiger partial charge in [0.1, 0.15) is 0 Å². The predicted octanol–water partition coefficient (Wildman–Crippen LogP) is 6.98. The van der Waals surface area contributed by atoms with Gasteiger partial charge < -0.3 is 4.98 Å². The molecule has 0 fully saturated rings. The SMILES string of the molecule is Cc1c[nH]c2cc3c(cc12)-c1cc2c(ccc4cccnc42)c2cccc-3c12. The van der Waals surface area contributed by atoms with Crippen LogP contribution in [0.3, 0.4) is 0 Å². The smallest absolute Gasteiger partial charge is 0.0780 e. The predicted molar refractivity (Wildman–Crippen MR) is 118 cm³/mol. The molecule has 0 amide bonds. The van der Waals surface area contributed by atoms with Crippen LogP contribution in [-0.4, -0.2) is 9.97 Å². The third kappa shape index (κ3) is 1.62. The Morgan fingerprint density at radius 2 is 1.61 bits per heavy atom. The van der Waals surface area contributed by atoms with Crippen LogP contribution in [0, 0.1) is 6.92 Å². The standard InChI is InChI=1S/C26H16N2/c1-14-13-28-24-12-21-18-6-2-5-17-16-8-7-15-4-3-9-27-26(15)23(16)11-22(25(17)18)20(21)10-19(14)24/h2-13,28H,1H3. The fourth-order valence-electron chi connectivity index (χ4n) is 5.02. The average molecular weight is 356 g/mol. The number of hydrogen-bond donors (Lipinski definition) is 1.